The minimum absolute atomic E-state index is 0.151. The summed E-state index contributed by atoms with van der Waals surface area (Å²) in [6, 6.07) is 6.93. The highest BCUT2D eigenvalue weighted by Crippen LogP contribution is 2.07. The number of hydrogen-bond acceptors (Lipinski definition) is 5. The van der Waals surface area contributed by atoms with Crippen molar-refractivity contribution in [1.82, 2.24) is 25.5 Å². The Morgan fingerprint density at radius 2 is 1.91 bits per heavy atom. The van der Waals surface area contributed by atoms with Crippen molar-refractivity contribution in [2.24, 2.45) is 0 Å². The summed E-state index contributed by atoms with van der Waals surface area (Å²) in [5, 5.41) is 22.2. The summed E-state index contributed by atoms with van der Waals surface area (Å²) >= 11 is 0. The van der Waals surface area contributed by atoms with Crippen molar-refractivity contribution < 1.29 is 14.7 Å². The van der Waals surface area contributed by atoms with Gasteiger partial charge >= 0.3 is 5.97 Å². The first-order valence-electron chi connectivity index (χ1n) is 7.00. The molecule has 1 amide bonds. The Labute approximate surface area is 127 Å². The lowest BCUT2D eigenvalue weighted by Crippen LogP contribution is -2.24. The van der Waals surface area contributed by atoms with Crippen LogP contribution in [0.1, 0.15) is 36.0 Å². The monoisotopic (exact) mass is 303 g/mol. The van der Waals surface area contributed by atoms with Crippen molar-refractivity contribution in [1.29, 1.82) is 0 Å². The standard InChI is InChI=1S/C14H17N5O3/c20-13(21)4-2-1-3-9-15-14(22)11-5-7-12(8-6-11)19-10-16-17-18-19/h5-8,10H,1-4,9H2,(H,15,22)(H,20,21). The van der Waals surface area contributed by atoms with Crippen LogP contribution in [-0.4, -0.2) is 43.7 Å². The molecule has 1 aromatic heterocycles. The molecular formula is C14H17N5O3. The van der Waals surface area contributed by atoms with Gasteiger partial charge in [-0.2, -0.15) is 0 Å². The van der Waals surface area contributed by atoms with Crippen LogP contribution in [0, 0.1) is 0 Å². The number of carbonyl (C=O) groups excluding carboxylic acids is 1. The van der Waals surface area contributed by atoms with Crippen molar-refractivity contribution in [2.75, 3.05) is 6.54 Å². The van der Waals surface area contributed by atoms with E-state index in [0.29, 0.717) is 18.5 Å². The summed E-state index contributed by atoms with van der Waals surface area (Å²) in [5.74, 6) is -0.937. The molecule has 8 nitrogen and oxygen atoms in total. The lowest BCUT2D eigenvalue weighted by Gasteiger charge is -2.06. The Hall–Kier alpha value is -2.77. The SMILES string of the molecule is O=C(O)CCCCCNC(=O)c1ccc(-n2cnnn2)cc1. The summed E-state index contributed by atoms with van der Waals surface area (Å²) in [5.41, 5.74) is 1.33. The van der Waals surface area contributed by atoms with Crippen LogP contribution in [0.3, 0.4) is 0 Å². The largest absolute Gasteiger partial charge is 0.481 e. The molecule has 0 bridgehead atoms. The lowest BCUT2D eigenvalue weighted by atomic mass is 10.1. The van der Waals surface area contributed by atoms with Gasteiger partial charge in [0.15, 0.2) is 0 Å². The third-order valence-corrected chi connectivity index (χ3v) is 3.10. The molecule has 2 aromatic rings. The summed E-state index contributed by atoms with van der Waals surface area (Å²) in [7, 11) is 0. The van der Waals surface area contributed by atoms with Gasteiger partial charge in [-0.25, -0.2) is 4.68 Å². The Morgan fingerprint density at radius 3 is 2.55 bits per heavy atom. The number of aliphatic carboxylic acids is 1. The molecule has 8 heteroatoms. The van der Waals surface area contributed by atoms with E-state index in [1.165, 1.54) is 11.0 Å². The zero-order valence-electron chi connectivity index (χ0n) is 12.0. The quantitative estimate of drug-likeness (QED) is 0.705. The van der Waals surface area contributed by atoms with E-state index in [0.717, 1.165) is 18.5 Å². The lowest BCUT2D eigenvalue weighted by molar-refractivity contribution is -0.137. The van der Waals surface area contributed by atoms with Crippen LogP contribution >= 0.6 is 0 Å². The van der Waals surface area contributed by atoms with Crippen molar-refractivity contribution >= 4 is 11.9 Å². The van der Waals surface area contributed by atoms with Crippen molar-refractivity contribution in [3.8, 4) is 5.69 Å². The van der Waals surface area contributed by atoms with Gasteiger partial charge in [-0.05, 0) is 47.5 Å². The van der Waals surface area contributed by atoms with E-state index < -0.39 is 5.97 Å². The molecule has 0 unspecified atom stereocenters. The molecule has 0 atom stereocenters. The molecule has 0 aliphatic carbocycles. The second-order valence-electron chi connectivity index (χ2n) is 4.76. The van der Waals surface area contributed by atoms with Crippen LogP contribution in [0.15, 0.2) is 30.6 Å². The van der Waals surface area contributed by atoms with Crippen molar-refractivity contribution in [2.45, 2.75) is 25.7 Å². The van der Waals surface area contributed by atoms with E-state index in [9.17, 15) is 9.59 Å². The van der Waals surface area contributed by atoms with Crippen LogP contribution in [0.2, 0.25) is 0 Å². The molecule has 0 saturated carbocycles. The first-order chi connectivity index (χ1) is 10.7. The molecule has 0 radical (unpaired) electrons. The Morgan fingerprint density at radius 1 is 1.14 bits per heavy atom. The molecule has 22 heavy (non-hydrogen) atoms. The molecule has 1 aromatic carbocycles. The van der Waals surface area contributed by atoms with Crippen molar-refractivity contribution in [3.63, 3.8) is 0 Å². The molecule has 2 rings (SSSR count). The number of nitrogens with one attached hydrogen (secondary N) is 1. The molecule has 0 aliphatic heterocycles. The Balaban J connectivity index is 1.74. The zero-order valence-corrected chi connectivity index (χ0v) is 12.0. The second kappa shape index (κ2) is 7.87. The maximum atomic E-state index is 11.9. The first kappa shape index (κ1) is 15.6. The second-order valence-corrected chi connectivity index (χ2v) is 4.76. The molecule has 0 saturated heterocycles. The van der Waals surface area contributed by atoms with Crippen LogP contribution in [0.4, 0.5) is 0 Å². The number of tetrazole rings is 1. The van der Waals surface area contributed by atoms with Gasteiger partial charge in [0.25, 0.3) is 5.91 Å². The average molecular weight is 303 g/mol. The number of hydrogen-bond donors (Lipinski definition) is 2. The van der Waals surface area contributed by atoms with Crippen LogP contribution in [0.5, 0.6) is 0 Å². The van der Waals surface area contributed by atoms with E-state index in [4.69, 9.17) is 5.11 Å². The number of unbranched alkanes of at least 4 members (excludes halogenated alkanes) is 2. The fourth-order valence-corrected chi connectivity index (χ4v) is 1.93. The molecule has 0 aliphatic rings. The van der Waals surface area contributed by atoms with E-state index in [-0.39, 0.29) is 12.3 Å². The normalized spacial score (nSPS) is 10.4. The van der Waals surface area contributed by atoms with Gasteiger partial charge in [-0.1, -0.05) is 6.42 Å². The summed E-state index contributed by atoms with van der Waals surface area (Å²) < 4.78 is 1.50. The highest BCUT2D eigenvalue weighted by Gasteiger charge is 2.05. The molecule has 116 valence electrons. The fraction of sp³-hybridized carbons (Fsp3) is 0.357. The number of carbonyl (C=O) groups is 2. The predicted octanol–water partition coefficient (Wildman–Crippen LogP) is 1.04. The van der Waals surface area contributed by atoms with E-state index >= 15 is 0 Å². The minimum Gasteiger partial charge on any atom is -0.481 e. The van der Waals surface area contributed by atoms with Crippen LogP contribution < -0.4 is 5.32 Å². The topological polar surface area (TPSA) is 110 Å². The van der Waals surface area contributed by atoms with Crippen LogP contribution in [-0.2, 0) is 4.79 Å². The summed E-state index contributed by atoms with van der Waals surface area (Å²) in [6.07, 6.45) is 3.83. The van der Waals surface area contributed by atoms with Crippen molar-refractivity contribution in [3.05, 3.63) is 36.2 Å². The van der Waals surface area contributed by atoms with E-state index in [2.05, 4.69) is 20.8 Å². The van der Waals surface area contributed by atoms with Gasteiger partial charge in [-0.3, -0.25) is 9.59 Å². The van der Waals surface area contributed by atoms with Gasteiger partial charge in [0, 0.05) is 18.5 Å². The maximum Gasteiger partial charge on any atom is 0.303 e. The number of rotatable bonds is 8. The number of carboxylic acid groups (broad SMARTS) is 1. The van der Waals surface area contributed by atoms with Gasteiger partial charge in [-0.15, -0.1) is 5.10 Å². The molecule has 1 heterocycles. The highest BCUT2D eigenvalue weighted by atomic mass is 16.4. The average Bonchev–Trinajstić information content (AvgIpc) is 3.05. The number of aromatic nitrogens is 4. The minimum atomic E-state index is -0.785. The number of nitrogens with zero attached hydrogens (tertiary/aromatic N) is 4. The predicted molar refractivity (Wildman–Crippen MR) is 77.6 cm³/mol. The first-order valence-corrected chi connectivity index (χ1v) is 7.00. The third-order valence-electron chi connectivity index (χ3n) is 3.10. The number of benzene rings is 1. The summed E-state index contributed by atoms with van der Waals surface area (Å²) in [4.78, 5) is 22.3. The molecule has 2 N–H and O–H groups in total. The van der Waals surface area contributed by atoms with Gasteiger partial charge in [0.1, 0.15) is 6.33 Å². The summed E-state index contributed by atoms with van der Waals surface area (Å²) in [6.45, 7) is 0.535. The van der Waals surface area contributed by atoms with E-state index in [1.807, 2.05) is 0 Å². The van der Waals surface area contributed by atoms with Gasteiger partial charge in [0.2, 0.25) is 0 Å². The molecular weight excluding hydrogens is 286 g/mol. The Kier molecular flexibility index (Phi) is 5.58. The van der Waals surface area contributed by atoms with Gasteiger partial charge < -0.3 is 10.4 Å². The third kappa shape index (κ3) is 4.65. The molecule has 0 spiro atoms. The van der Waals surface area contributed by atoms with E-state index in [1.54, 1.807) is 24.3 Å². The van der Waals surface area contributed by atoms with Crippen LogP contribution in [0.25, 0.3) is 5.69 Å². The number of amides is 1. The van der Waals surface area contributed by atoms with Gasteiger partial charge in [0.05, 0.1) is 5.69 Å². The smallest absolute Gasteiger partial charge is 0.303 e. The fourth-order valence-electron chi connectivity index (χ4n) is 1.93. The zero-order chi connectivity index (χ0) is 15.8. The Bertz CT molecular complexity index is 610. The molecule has 0 fully saturated rings. The highest BCUT2D eigenvalue weighted by molar-refractivity contribution is 5.94. The number of carboxylic acids is 1. The maximum absolute atomic E-state index is 11.9.